The lowest BCUT2D eigenvalue weighted by atomic mass is 10.1. The van der Waals surface area contributed by atoms with Crippen LogP contribution in [0.1, 0.15) is 41.5 Å². The fourth-order valence-electron chi connectivity index (χ4n) is 3.22. The van der Waals surface area contributed by atoms with Crippen LogP contribution in [0.4, 0.5) is 0 Å². The third-order valence-electron chi connectivity index (χ3n) is 4.39. The van der Waals surface area contributed by atoms with Crippen LogP contribution in [-0.4, -0.2) is 33.7 Å². The van der Waals surface area contributed by atoms with Gasteiger partial charge >= 0.3 is 0 Å². The maximum Gasteiger partial charge on any atom is 0.227 e. The molecule has 0 atom stereocenters. The van der Waals surface area contributed by atoms with Crippen molar-refractivity contribution in [2.45, 2.75) is 33.2 Å². The SMILES string of the molecule is CCCC1=[N+](CC(=O)c2ccccc2)CCn2c(C)ccc21.[Br-]. The number of benzene rings is 1. The average molecular weight is 375 g/mol. The minimum Gasteiger partial charge on any atom is -1.00 e. The summed E-state index contributed by atoms with van der Waals surface area (Å²) in [7, 11) is 0. The Bertz CT molecular complexity index is 716. The number of rotatable bonds is 5. The molecule has 0 bridgehead atoms. The second-order valence-corrected chi connectivity index (χ2v) is 5.92. The third-order valence-corrected chi connectivity index (χ3v) is 4.39. The molecule has 0 radical (unpaired) electrons. The van der Waals surface area contributed by atoms with Crippen LogP contribution in [0.3, 0.4) is 0 Å². The molecule has 0 N–H and O–H groups in total. The standard InChI is InChI=1S/C19H23N2O.BrH/c1-3-7-17-18-11-10-15(2)21(18)13-12-20(17)14-19(22)16-8-5-4-6-9-16;/h4-6,8-11H,3,7,12-14H2,1-2H3;1H/q+1;/p-1. The van der Waals surface area contributed by atoms with E-state index < -0.39 is 0 Å². The smallest absolute Gasteiger partial charge is 0.227 e. The zero-order valence-electron chi connectivity index (χ0n) is 13.8. The number of aromatic nitrogens is 1. The molecule has 0 saturated carbocycles. The molecule has 1 aromatic heterocycles. The quantitative estimate of drug-likeness (QED) is 0.545. The number of halogens is 1. The lowest BCUT2D eigenvalue weighted by molar-refractivity contribution is -0.519. The van der Waals surface area contributed by atoms with Gasteiger partial charge in [0.1, 0.15) is 5.69 Å². The van der Waals surface area contributed by atoms with E-state index in [4.69, 9.17) is 0 Å². The van der Waals surface area contributed by atoms with E-state index in [0.29, 0.717) is 6.54 Å². The van der Waals surface area contributed by atoms with Crippen molar-refractivity contribution in [2.24, 2.45) is 0 Å². The van der Waals surface area contributed by atoms with Gasteiger partial charge < -0.3 is 21.5 Å². The van der Waals surface area contributed by atoms with Crippen molar-refractivity contribution in [3.63, 3.8) is 0 Å². The topological polar surface area (TPSA) is 25.0 Å². The molecule has 2 aromatic rings. The van der Waals surface area contributed by atoms with Gasteiger partial charge in [-0.05, 0) is 25.5 Å². The van der Waals surface area contributed by atoms with Gasteiger partial charge in [0.2, 0.25) is 12.3 Å². The summed E-state index contributed by atoms with van der Waals surface area (Å²) in [5, 5.41) is 0. The Morgan fingerprint density at radius 1 is 1.17 bits per heavy atom. The van der Waals surface area contributed by atoms with E-state index in [1.54, 1.807) is 0 Å². The van der Waals surface area contributed by atoms with Gasteiger partial charge in [0, 0.05) is 17.7 Å². The third kappa shape index (κ3) is 3.63. The van der Waals surface area contributed by atoms with Crippen LogP contribution in [0.15, 0.2) is 42.5 Å². The molecule has 0 amide bonds. The van der Waals surface area contributed by atoms with Crippen molar-refractivity contribution in [2.75, 3.05) is 13.1 Å². The van der Waals surface area contributed by atoms with Crippen LogP contribution in [0.5, 0.6) is 0 Å². The Morgan fingerprint density at radius 3 is 2.61 bits per heavy atom. The van der Waals surface area contributed by atoms with Gasteiger partial charge in [-0.1, -0.05) is 37.3 Å². The van der Waals surface area contributed by atoms with Crippen LogP contribution < -0.4 is 17.0 Å². The van der Waals surface area contributed by atoms with Gasteiger partial charge in [-0.2, -0.15) is 0 Å². The molecule has 1 aliphatic heterocycles. The first kappa shape index (κ1) is 17.7. The maximum absolute atomic E-state index is 12.5. The number of nitrogens with zero attached hydrogens (tertiary/aromatic N) is 2. The summed E-state index contributed by atoms with van der Waals surface area (Å²) >= 11 is 0. The number of carbonyl (C=O) groups is 1. The molecule has 0 aliphatic carbocycles. The summed E-state index contributed by atoms with van der Waals surface area (Å²) in [5.74, 6) is 0.200. The summed E-state index contributed by atoms with van der Waals surface area (Å²) in [6.45, 7) is 6.69. The minimum atomic E-state index is 0. The van der Waals surface area contributed by atoms with Crippen LogP contribution in [-0.2, 0) is 6.54 Å². The van der Waals surface area contributed by atoms with Gasteiger partial charge in [0.15, 0.2) is 12.3 Å². The molecule has 0 fully saturated rings. The zero-order valence-corrected chi connectivity index (χ0v) is 15.3. The number of hydrogen-bond donors (Lipinski definition) is 0. The number of aryl methyl sites for hydroxylation is 1. The maximum atomic E-state index is 12.5. The second kappa shape index (κ2) is 7.73. The first-order valence-corrected chi connectivity index (χ1v) is 8.06. The first-order chi connectivity index (χ1) is 10.7. The highest BCUT2D eigenvalue weighted by Gasteiger charge is 2.27. The van der Waals surface area contributed by atoms with Crippen molar-refractivity contribution in [1.82, 2.24) is 4.57 Å². The molecule has 23 heavy (non-hydrogen) atoms. The van der Waals surface area contributed by atoms with E-state index in [1.165, 1.54) is 17.1 Å². The van der Waals surface area contributed by atoms with Crippen molar-refractivity contribution < 1.29 is 26.4 Å². The Balaban J connectivity index is 0.00000192. The number of ketones is 1. The molecule has 4 heteroatoms. The molecule has 0 saturated heterocycles. The van der Waals surface area contributed by atoms with Gasteiger partial charge in [-0.3, -0.25) is 4.79 Å². The monoisotopic (exact) mass is 374 g/mol. The molecule has 0 unspecified atom stereocenters. The molecular formula is C19H23BrN2O. The van der Waals surface area contributed by atoms with Crippen LogP contribution in [0.25, 0.3) is 0 Å². The molecule has 3 nitrogen and oxygen atoms in total. The van der Waals surface area contributed by atoms with E-state index in [9.17, 15) is 4.79 Å². The lowest BCUT2D eigenvalue weighted by Crippen LogP contribution is -3.00. The summed E-state index contributed by atoms with van der Waals surface area (Å²) in [6.07, 6.45) is 2.11. The van der Waals surface area contributed by atoms with Gasteiger partial charge in [-0.25, -0.2) is 4.58 Å². The van der Waals surface area contributed by atoms with Crippen molar-refractivity contribution in [3.05, 3.63) is 59.4 Å². The Morgan fingerprint density at radius 2 is 1.91 bits per heavy atom. The normalized spacial score (nSPS) is 13.5. The predicted molar refractivity (Wildman–Crippen MR) is 89.0 cm³/mol. The van der Waals surface area contributed by atoms with Crippen molar-refractivity contribution >= 4 is 11.5 Å². The Kier molecular flexibility index (Phi) is 5.94. The van der Waals surface area contributed by atoms with Crippen LogP contribution >= 0.6 is 0 Å². The van der Waals surface area contributed by atoms with Crippen molar-refractivity contribution in [1.29, 1.82) is 0 Å². The molecule has 1 aromatic carbocycles. The van der Waals surface area contributed by atoms with Gasteiger partial charge in [0.25, 0.3) is 0 Å². The zero-order chi connectivity index (χ0) is 15.5. The second-order valence-electron chi connectivity index (χ2n) is 5.92. The number of carbonyl (C=O) groups excluding carboxylic acids is 1. The number of fused-ring (bicyclic) bond motifs is 1. The predicted octanol–water partition coefficient (Wildman–Crippen LogP) is 0.299. The van der Waals surface area contributed by atoms with E-state index in [2.05, 4.69) is 35.1 Å². The van der Waals surface area contributed by atoms with E-state index in [0.717, 1.165) is 31.5 Å². The Hall–Kier alpha value is -1.68. The fourth-order valence-corrected chi connectivity index (χ4v) is 3.22. The van der Waals surface area contributed by atoms with E-state index in [-0.39, 0.29) is 22.8 Å². The highest BCUT2D eigenvalue weighted by molar-refractivity contribution is 5.99. The first-order valence-electron chi connectivity index (χ1n) is 8.06. The molecular weight excluding hydrogens is 352 g/mol. The lowest BCUT2D eigenvalue weighted by Gasteiger charge is -2.19. The highest BCUT2D eigenvalue weighted by atomic mass is 79.9. The minimum absolute atomic E-state index is 0. The number of hydrogen-bond acceptors (Lipinski definition) is 1. The van der Waals surface area contributed by atoms with Gasteiger partial charge in [-0.15, -0.1) is 0 Å². The summed E-state index contributed by atoms with van der Waals surface area (Å²) in [5.41, 5.74) is 4.70. The van der Waals surface area contributed by atoms with E-state index >= 15 is 0 Å². The molecule has 1 aliphatic rings. The highest BCUT2D eigenvalue weighted by Crippen LogP contribution is 2.17. The summed E-state index contributed by atoms with van der Waals surface area (Å²) in [6, 6.07) is 14.0. The molecule has 2 heterocycles. The van der Waals surface area contributed by atoms with Crippen LogP contribution in [0, 0.1) is 6.92 Å². The van der Waals surface area contributed by atoms with E-state index in [1.807, 2.05) is 30.3 Å². The molecule has 0 spiro atoms. The molecule has 3 rings (SSSR count). The Labute approximate surface area is 148 Å². The summed E-state index contributed by atoms with van der Waals surface area (Å²) < 4.78 is 4.64. The largest absolute Gasteiger partial charge is 1.00 e. The van der Waals surface area contributed by atoms with Crippen LogP contribution in [0.2, 0.25) is 0 Å². The van der Waals surface area contributed by atoms with Crippen molar-refractivity contribution in [3.8, 4) is 0 Å². The number of Topliss-reactive ketones (excluding diaryl/α,β-unsaturated/α-hetero) is 1. The molecule has 122 valence electrons. The fraction of sp³-hybridized carbons (Fsp3) is 0.368. The average Bonchev–Trinajstić information content (AvgIpc) is 2.92. The summed E-state index contributed by atoms with van der Waals surface area (Å²) in [4.78, 5) is 12.5. The van der Waals surface area contributed by atoms with Gasteiger partial charge in [0.05, 0.1) is 6.54 Å².